The Labute approximate surface area is 115 Å². The van der Waals surface area contributed by atoms with E-state index in [1.165, 1.54) is 4.57 Å². The maximum absolute atomic E-state index is 11.9. The van der Waals surface area contributed by atoms with Crippen molar-refractivity contribution in [2.24, 2.45) is 0 Å². The molecule has 20 heavy (non-hydrogen) atoms. The van der Waals surface area contributed by atoms with Crippen LogP contribution in [0, 0.1) is 0 Å². The van der Waals surface area contributed by atoms with Gasteiger partial charge >= 0.3 is 11.4 Å². The van der Waals surface area contributed by atoms with E-state index < -0.39 is 11.4 Å². The van der Waals surface area contributed by atoms with Gasteiger partial charge in [-0.2, -0.15) is 0 Å². The summed E-state index contributed by atoms with van der Waals surface area (Å²) in [6.45, 7) is 4.49. The molecule has 0 aliphatic carbocycles. The number of hydrogen-bond acceptors (Lipinski definition) is 4. The SMILES string of the molecule is CC1(C)CCC(Cn2c(=O)oc(=O)c3ccccc32)O1. The molecule has 0 amide bonds. The predicted octanol–water partition coefficient (Wildman–Crippen LogP) is 1.91. The van der Waals surface area contributed by atoms with Crippen LogP contribution < -0.4 is 11.4 Å². The zero-order valence-corrected chi connectivity index (χ0v) is 11.6. The third-order valence-corrected chi connectivity index (χ3v) is 3.76. The molecule has 2 aromatic rings. The molecule has 0 radical (unpaired) electrons. The molecule has 0 bridgehead atoms. The normalized spacial score (nSPS) is 21.4. The molecule has 1 aliphatic rings. The zero-order chi connectivity index (χ0) is 14.3. The van der Waals surface area contributed by atoms with E-state index in [9.17, 15) is 9.59 Å². The summed E-state index contributed by atoms with van der Waals surface area (Å²) in [6, 6.07) is 6.98. The molecule has 1 atom stereocenters. The molecule has 1 unspecified atom stereocenters. The maximum Gasteiger partial charge on any atom is 0.422 e. The lowest BCUT2D eigenvalue weighted by molar-refractivity contribution is -0.0223. The highest BCUT2D eigenvalue weighted by atomic mass is 16.5. The van der Waals surface area contributed by atoms with Crippen LogP contribution in [0.2, 0.25) is 0 Å². The first kappa shape index (κ1) is 13.1. The van der Waals surface area contributed by atoms with Crippen molar-refractivity contribution in [1.29, 1.82) is 0 Å². The van der Waals surface area contributed by atoms with Crippen molar-refractivity contribution in [3.8, 4) is 0 Å². The molecule has 5 heteroatoms. The van der Waals surface area contributed by atoms with Crippen LogP contribution in [0.1, 0.15) is 26.7 Å². The van der Waals surface area contributed by atoms with Crippen molar-refractivity contribution < 1.29 is 9.15 Å². The van der Waals surface area contributed by atoms with Gasteiger partial charge in [-0.25, -0.2) is 9.59 Å². The van der Waals surface area contributed by atoms with E-state index in [0.717, 1.165) is 12.8 Å². The molecule has 0 spiro atoms. The summed E-state index contributed by atoms with van der Waals surface area (Å²) < 4.78 is 12.2. The van der Waals surface area contributed by atoms with Crippen molar-refractivity contribution in [3.63, 3.8) is 0 Å². The van der Waals surface area contributed by atoms with E-state index >= 15 is 0 Å². The molecule has 2 heterocycles. The number of hydrogen-bond donors (Lipinski definition) is 0. The standard InChI is InChI=1S/C15H17NO4/c1-15(2)8-7-10(20-15)9-16-12-6-4-3-5-11(12)13(17)19-14(16)18/h3-6,10H,7-9H2,1-2H3. The second-order valence-electron chi connectivity index (χ2n) is 5.82. The second kappa shape index (κ2) is 4.59. The average Bonchev–Trinajstić information content (AvgIpc) is 2.74. The van der Waals surface area contributed by atoms with E-state index in [0.29, 0.717) is 17.4 Å². The van der Waals surface area contributed by atoms with Gasteiger partial charge in [0.15, 0.2) is 0 Å². The van der Waals surface area contributed by atoms with Crippen molar-refractivity contribution in [3.05, 3.63) is 45.2 Å². The van der Waals surface area contributed by atoms with E-state index in [4.69, 9.17) is 9.15 Å². The number of nitrogens with zero attached hydrogens (tertiary/aromatic N) is 1. The van der Waals surface area contributed by atoms with Crippen LogP contribution in [-0.2, 0) is 11.3 Å². The van der Waals surface area contributed by atoms with E-state index in [2.05, 4.69) is 0 Å². The smallest absolute Gasteiger partial charge is 0.372 e. The fourth-order valence-electron chi connectivity index (χ4n) is 2.75. The van der Waals surface area contributed by atoms with Crippen molar-refractivity contribution in [2.45, 2.75) is 44.9 Å². The highest BCUT2D eigenvalue weighted by molar-refractivity contribution is 5.77. The summed E-state index contributed by atoms with van der Waals surface area (Å²) in [5, 5.41) is 0.421. The molecule has 1 aromatic carbocycles. The Balaban J connectivity index is 2.04. The van der Waals surface area contributed by atoms with E-state index in [1.807, 2.05) is 13.8 Å². The molecular weight excluding hydrogens is 258 g/mol. The van der Waals surface area contributed by atoms with Gasteiger partial charge in [0.2, 0.25) is 0 Å². The molecule has 0 N–H and O–H groups in total. The van der Waals surface area contributed by atoms with Crippen LogP contribution in [0.15, 0.2) is 38.3 Å². The predicted molar refractivity (Wildman–Crippen MR) is 74.9 cm³/mol. The minimum Gasteiger partial charge on any atom is -0.372 e. The van der Waals surface area contributed by atoms with E-state index in [-0.39, 0.29) is 11.7 Å². The largest absolute Gasteiger partial charge is 0.422 e. The lowest BCUT2D eigenvalue weighted by Crippen LogP contribution is -2.31. The van der Waals surface area contributed by atoms with Gasteiger partial charge in [-0.3, -0.25) is 4.57 Å². The maximum atomic E-state index is 11.9. The average molecular weight is 275 g/mol. The van der Waals surface area contributed by atoms with Gasteiger partial charge in [-0.05, 0) is 38.8 Å². The van der Waals surface area contributed by atoms with Gasteiger partial charge in [0.05, 0.1) is 29.2 Å². The van der Waals surface area contributed by atoms with Gasteiger partial charge < -0.3 is 9.15 Å². The third-order valence-electron chi connectivity index (χ3n) is 3.76. The quantitative estimate of drug-likeness (QED) is 0.840. The molecule has 1 fully saturated rings. The van der Waals surface area contributed by atoms with Crippen molar-refractivity contribution in [1.82, 2.24) is 4.57 Å². The van der Waals surface area contributed by atoms with Crippen LogP contribution in [0.25, 0.3) is 10.9 Å². The van der Waals surface area contributed by atoms with Gasteiger partial charge in [-0.1, -0.05) is 12.1 Å². The first-order valence-electron chi connectivity index (χ1n) is 6.77. The first-order valence-corrected chi connectivity index (χ1v) is 6.77. The summed E-state index contributed by atoms with van der Waals surface area (Å²) in [5.41, 5.74) is -0.142. The molecule has 1 aromatic heterocycles. The summed E-state index contributed by atoms with van der Waals surface area (Å²) >= 11 is 0. The lowest BCUT2D eigenvalue weighted by atomic mass is 10.1. The Morgan fingerprint density at radius 3 is 2.75 bits per heavy atom. The Hall–Kier alpha value is -1.88. The number of fused-ring (bicyclic) bond motifs is 1. The first-order chi connectivity index (χ1) is 9.46. The van der Waals surface area contributed by atoms with Crippen LogP contribution >= 0.6 is 0 Å². The minimum atomic E-state index is -0.623. The fourth-order valence-corrected chi connectivity index (χ4v) is 2.75. The highest BCUT2D eigenvalue weighted by Crippen LogP contribution is 2.30. The highest BCUT2D eigenvalue weighted by Gasteiger charge is 2.32. The van der Waals surface area contributed by atoms with Crippen LogP contribution in [0.5, 0.6) is 0 Å². The van der Waals surface area contributed by atoms with Crippen LogP contribution in [0.4, 0.5) is 0 Å². The monoisotopic (exact) mass is 275 g/mol. The van der Waals surface area contributed by atoms with Gasteiger partial charge in [-0.15, -0.1) is 0 Å². The summed E-state index contributed by atoms with van der Waals surface area (Å²) in [7, 11) is 0. The Morgan fingerprint density at radius 1 is 1.30 bits per heavy atom. The number of aromatic nitrogens is 1. The summed E-state index contributed by atoms with van der Waals surface area (Å²) in [4.78, 5) is 23.6. The topological polar surface area (TPSA) is 61.4 Å². The molecule has 5 nitrogen and oxygen atoms in total. The number of ether oxygens (including phenoxy) is 1. The van der Waals surface area contributed by atoms with Gasteiger partial charge in [0, 0.05) is 0 Å². The fraction of sp³-hybridized carbons (Fsp3) is 0.467. The molecule has 1 saturated heterocycles. The second-order valence-corrected chi connectivity index (χ2v) is 5.82. The van der Waals surface area contributed by atoms with Crippen molar-refractivity contribution >= 4 is 10.9 Å². The van der Waals surface area contributed by atoms with Gasteiger partial charge in [0.25, 0.3) is 0 Å². The number of para-hydroxylation sites is 1. The molecule has 0 saturated carbocycles. The van der Waals surface area contributed by atoms with Crippen LogP contribution in [0.3, 0.4) is 0 Å². The Kier molecular flexibility index (Phi) is 3.01. The summed E-state index contributed by atoms with van der Waals surface area (Å²) in [5.74, 6) is -0.623. The molecule has 1 aliphatic heterocycles. The number of rotatable bonds is 2. The zero-order valence-electron chi connectivity index (χ0n) is 11.6. The summed E-state index contributed by atoms with van der Waals surface area (Å²) in [6.07, 6.45) is 1.83. The lowest BCUT2D eigenvalue weighted by Gasteiger charge is -2.20. The third kappa shape index (κ3) is 2.29. The Bertz CT molecular complexity index is 756. The molecule has 3 rings (SSSR count). The minimum absolute atomic E-state index is 0.0289. The number of benzene rings is 1. The molecule has 106 valence electrons. The molecular formula is C15H17NO4. The van der Waals surface area contributed by atoms with Crippen LogP contribution in [-0.4, -0.2) is 16.3 Å². The van der Waals surface area contributed by atoms with Gasteiger partial charge in [0.1, 0.15) is 0 Å². The van der Waals surface area contributed by atoms with E-state index in [1.54, 1.807) is 24.3 Å². The Morgan fingerprint density at radius 2 is 2.05 bits per heavy atom. The van der Waals surface area contributed by atoms with Crippen molar-refractivity contribution in [2.75, 3.05) is 0 Å².